The van der Waals surface area contributed by atoms with Crippen molar-refractivity contribution in [3.63, 3.8) is 0 Å². The van der Waals surface area contributed by atoms with Gasteiger partial charge in [-0.3, -0.25) is 4.90 Å². The van der Waals surface area contributed by atoms with Crippen LogP contribution in [0.1, 0.15) is 11.3 Å². The zero-order valence-electron chi connectivity index (χ0n) is 15.0. The molecule has 2 aromatic carbocycles. The number of ether oxygens (including phenoxy) is 2. The first-order chi connectivity index (χ1) is 12.6. The molecule has 1 heterocycles. The highest BCUT2D eigenvalue weighted by molar-refractivity contribution is 7.13. The van der Waals surface area contributed by atoms with E-state index in [0.717, 1.165) is 34.9 Å². The molecule has 0 saturated heterocycles. The van der Waals surface area contributed by atoms with E-state index in [2.05, 4.69) is 10.3 Å². The van der Waals surface area contributed by atoms with Gasteiger partial charge in [0.05, 0.1) is 19.9 Å². The molecule has 0 spiro atoms. The number of methoxy groups -OCH3 is 2. The molecule has 0 aliphatic carbocycles. The molecule has 0 radical (unpaired) electrons. The summed E-state index contributed by atoms with van der Waals surface area (Å²) >= 11 is 1.60. The topological polar surface area (TPSA) is 34.6 Å². The first kappa shape index (κ1) is 18.4. The molecule has 26 heavy (non-hydrogen) atoms. The molecule has 0 amide bonds. The summed E-state index contributed by atoms with van der Waals surface area (Å²) in [5, 5.41) is 3.00. The highest BCUT2D eigenvalue weighted by atomic mass is 32.1. The third-order valence-corrected chi connectivity index (χ3v) is 4.92. The van der Waals surface area contributed by atoms with E-state index in [0.29, 0.717) is 11.5 Å². The maximum Gasteiger partial charge on any atom is 0.161 e. The molecule has 0 bridgehead atoms. The molecule has 0 saturated carbocycles. The highest BCUT2D eigenvalue weighted by Crippen LogP contribution is 2.33. The third-order valence-electron chi connectivity index (χ3n) is 3.98. The number of hydrogen-bond acceptors (Lipinski definition) is 5. The Morgan fingerprint density at radius 3 is 2.42 bits per heavy atom. The fraction of sp³-hybridized carbons (Fsp3) is 0.250. The fourth-order valence-corrected chi connectivity index (χ4v) is 3.52. The molecule has 4 nitrogen and oxygen atoms in total. The van der Waals surface area contributed by atoms with Gasteiger partial charge in [0.25, 0.3) is 0 Å². The summed E-state index contributed by atoms with van der Waals surface area (Å²) in [6.07, 6.45) is 0. The first-order valence-electron chi connectivity index (χ1n) is 8.19. The van der Waals surface area contributed by atoms with E-state index < -0.39 is 0 Å². The van der Waals surface area contributed by atoms with E-state index >= 15 is 0 Å². The lowest BCUT2D eigenvalue weighted by Gasteiger charge is -2.15. The summed E-state index contributed by atoms with van der Waals surface area (Å²) < 4.78 is 23.6. The van der Waals surface area contributed by atoms with E-state index in [1.165, 1.54) is 12.1 Å². The summed E-state index contributed by atoms with van der Waals surface area (Å²) in [6, 6.07) is 12.4. The summed E-state index contributed by atoms with van der Waals surface area (Å²) in [4.78, 5) is 6.88. The van der Waals surface area contributed by atoms with Crippen LogP contribution in [-0.2, 0) is 13.1 Å². The van der Waals surface area contributed by atoms with Gasteiger partial charge in [-0.15, -0.1) is 11.3 Å². The molecule has 0 atom stereocenters. The van der Waals surface area contributed by atoms with Gasteiger partial charge in [0.15, 0.2) is 11.5 Å². The van der Waals surface area contributed by atoms with Crippen LogP contribution >= 0.6 is 11.3 Å². The van der Waals surface area contributed by atoms with Crippen LogP contribution in [0.15, 0.2) is 47.8 Å². The number of thiazole rings is 1. The third kappa shape index (κ3) is 4.39. The Bertz CT molecular complexity index is 865. The molecule has 1 aromatic heterocycles. The summed E-state index contributed by atoms with van der Waals surface area (Å²) in [5.41, 5.74) is 3.08. The predicted molar refractivity (Wildman–Crippen MR) is 102 cm³/mol. The Kier molecular flexibility index (Phi) is 5.85. The Balaban J connectivity index is 1.68. The van der Waals surface area contributed by atoms with Crippen molar-refractivity contribution in [1.82, 2.24) is 9.88 Å². The van der Waals surface area contributed by atoms with Crippen molar-refractivity contribution in [3.8, 4) is 22.1 Å². The van der Waals surface area contributed by atoms with Crippen molar-refractivity contribution in [3.05, 3.63) is 64.9 Å². The van der Waals surface area contributed by atoms with Crippen LogP contribution in [0.25, 0.3) is 10.6 Å². The number of hydrogen-bond donors (Lipinski definition) is 0. The van der Waals surface area contributed by atoms with Crippen molar-refractivity contribution < 1.29 is 13.9 Å². The maximum atomic E-state index is 13.0. The zero-order valence-corrected chi connectivity index (χ0v) is 15.8. The van der Waals surface area contributed by atoms with Crippen LogP contribution in [-0.4, -0.2) is 31.2 Å². The second-order valence-corrected chi connectivity index (χ2v) is 6.87. The molecule has 6 heteroatoms. The van der Waals surface area contributed by atoms with Crippen LogP contribution < -0.4 is 9.47 Å². The highest BCUT2D eigenvalue weighted by Gasteiger charge is 2.11. The molecule has 0 aliphatic rings. The standard InChI is InChI=1S/C20H21FN2O2S/c1-23(11-14-4-7-16(21)8-5-14)12-17-13-26-20(22-17)15-6-9-18(24-2)19(10-15)25-3/h4-10,13H,11-12H2,1-3H3. The zero-order chi connectivity index (χ0) is 18.5. The molecule has 0 N–H and O–H groups in total. The summed E-state index contributed by atoms with van der Waals surface area (Å²) in [5.74, 6) is 1.18. The van der Waals surface area contributed by atoms with Crippen LogP contribution in [0, 0.1) is 5.82 Å². The van der Waals surface area contributed by atoms with E-state index in [1.807, 2.05) is 37.4 Å². The number of halogens is 1. The predicted octanol–water partition coefficient (Wildman–Crippen LogP) is 4.60. The average Bonchev–Trinajstić information content (AvgIpc) is 3.11. The van der Waals surface area contributed by atoms with Gasteiger partial charge in [-0.05, 0) is 42.9 Å². The molecule has 0 aliphatic heterocycles. The molecule has 3 rings (SSSR count). The smallest absolute Gasteiger partial charge is 0.161 e. The minimum atomic E-state index is -0.213. The second-order valence-electron chi connectivity index (χ2n) is 6.01. The molecule has 3 aromatic rings. The van der Waals surface area contributed by atoms with Crippen LogP contribution in [0.5, 0.6) is 11.5 Å². The molecular formula is C20H21FN2O2S. The second kappa shape index (κ2) is 8.29. The Hall–Kier alpha value is -2.44. The molecule has 0 fully saturated rings. The largest absolute Gasteiger partial charge is 0.493 e. The van der Waals surface area contributed by atoms with E-state index in [9.17, 15) is 4.39 Å². The van der Waals surface area contributed by atoms with Gasteiger partial charge in [0, 0.05) is 24.0 Å². The maximum absolute atomic E-state index is 13.0. The number of aromatic nitrogens is 1. The average molecular weight is 372 g/mol. The van der Waals surface area contributed by atoms with Gasteiger partial charge in [-0.1, -0.05) is 12.1 Å². The lowest BCUT2D eigenvalue weighted by molar-refractivity contribution is 0.315. The number of rotatable bonds is 7. The van der Waals surface area contributed by atoms with E-state index in [1.54, 1.807) is 25.6 Å². The lowest BCUT2D eigenvalue weighted by atomic mass is 10.2. The van der Waals surface area contributed by atoms with Gasteiger partial charge < -0.3 is 9.47 Å². The van der Waals surface area contributed by atoms with E-state index in [4.69, 9.17) is 14.5 Å². The molecule has 136 valence electrons. The number of benzene rings is 2. The monoisotopic (exact) mass is 372 g/mol. The van der Waals surface area contributed by atoms with E-state index in [-0.39, 0.29) is 5.82 Å². The normalized spacial score (nSPS) is 11.0. The summed E-state index contributed by atoms with van der Waals surface area (Å²) in [6.45, 7) is 1.46. The molecular weight excluding hydrogens is 351 g/mol. The lowest BCUT2D eigenvalue weighted by Crippen LogP contribution is -2.17. The van der Waals surface area contributed by atoms with Crippen molar-refractivity contribution >= 4 is 11.3 Å². The number of nitrogens with zero attached hydrogens (tertiary/aromatic N) is 2. The summed E-state index contributed by atoms with van der Waals surface area (Å²) in [7, 11) is 5.27. The minimum Gasteiger partial charge on any atom is -0.493 e. The van der Waals surface area contributed by atoms with Gasteiger partial charge in [-0.25, -0.2) is 9.37 Å². The minimum absolute atomic E-state index is 0.213. The Morgan fingerprint density at radius 2 is 1.73 bits per heavy atom. The quantitative estimate of drug-likeness (QED) is 0.607. The molecule has 0 unspecified atom stereocenters. The Morgan fingerprint density at radius 1 is 1.00 bits per heavy atom. The van der Waals surface area contributed by atoms with Gasteiger partial charge in [0.1, 0.15) is 10.8 Å². The SMILES string of the molecule is COc1ccc(-c2nc(CN(C)Cc3ccc(F)cc3)cs2)cc1OC. The van der Waals surface area contributed by atoms with Crippen molar-refractivity contribution in [2.75, 3.05) is 21.3 Å². The van der Waals surface area contributed by atoms with Gasteiger partial charge in [0.2, 0.25) is 0 Å². The van der Waals surface area contributed by atoms with Crippen LogP contribution in [0.3, 0.4) is 0 Å². The fourth-order valence-electron chi connectivity index (χ4n) is 2.72. The van der Waals surface area contributed by atoms with Crippen molar-refractivity contribution in [2.45, 2.75) is 13.1 Å². The van der Waals surface area contributed by atoms with Gasteiger partial charge >= 0.3 is 0 Å². The van der Waals surface area contributed by atoms with Crippen molar-refractivity contribution in [1.29, 1.82) is 0 Å². The Labute approximate surface area is 156 Å². The van der Waals surface area contributed by atoms with Crippen LogP contribution in [0.2, 0.25) is 0 Å². The van der Waals surface area contributed by atoms with Gasteiger partial charge in [-0.2, -0.15) is 0 Å². The van der Waals surface area contributed by atoms with Crippen LogP contribution in [0.4, 0.5) is 4.39 Å². The van der Waals surface area contributed by atoms with Crippen molar-refractivity contribution in [2.24, 2.45) is 0 Å². The first-order valence-corrected chi connectivity index (χ1v) is 9.07.